The molecule has 1 N–H and O–H groups in total. The van der Waals surface area contributed by atoms with Crippen molar-refractivity contribution in [1.29, 1.82) is 0 Å². The third-order valence-electron chi connectivity index (χ3n) is 2.39. The SMILES string of the molecule is CN(Cc1cccnc1)C(=O)c1ccc(=O)[nH]n1. The van der Waals surface area contributed by atoms with Crippen LogP contribution >= 0.6 is 0 Å². The Morgan fingerprint density at radius 2 is 2.22 bits per heavy atom. The quantitative estimate of drug-likeness (QED) is 0.849. The van der Waals surface area contributed by atoms with Gasteiger partial charge in [-0.05, 0) is 17.7 Å². The molecule has 0 fully saturated rings. The smallest absolute Gasteiger partial charge is 0.274 e. The van der Waals surface area contributed by atoms with Gasteiger partial charge in [-0.2, -0.15) is 5.10 Å². The average molecular weight is 244 g/mol. The predicted molar refractivity (Wildman–Crippen MR) is 64.9 cm³/mol. The molecule has 0 aliphatic heterocycles. The van der Waals surface area contributed by atoms with Crippen LogP contribution < -0.4 is 5.56 Å². The first-order chi connectivity index (χ1) is 8.66. The molecule has 2 rings (SSSR count). The van der Waals surface area contributed by atoms with Gasteiger partial charge in [-0.3, -0.25) is 14.6 Å². The molecule has 6 nitrogen and oxygen atoms in total. The second kappa shape index (κ2) is 5.22. The van der Waals surface area contributed by atoms with Gasteiger partial charge < -0.3 is 4.90 Å². The minimum Gasteiger partial charge on any atom is -0.336 e. The van der Waals surface area contributed by atoms with Crippen molar-refractivity contribution in [2.45, 2.75) is 6.54 Å². The first-order valence-electron chi connectivity index (χ1n) is 5.37. The zero-order valence-corrected chi connectivity index (χ0v) is 9.83. The zero-order valence-electron chi connectivity index (χ0n) is 9.83. The Morgan fingerprint density at radius 1 is 1.39 bits per heavy atom. The van der Waals surface area contributed by atoms with Gasteiger partial charge in [-0.1, -0.05) is 6.07 Å². The summed E-state index contributed by atoms with van der Waals surface area (Å²) in [6, 6.07) is 6.38. The second-order valence-electron chi connectivity index (χ2n) is 3.83. The molecule has 6 heteroatoms. The van der Waals surface area contributed by atoms with E-state index in [1.165, 1.54) is 17.0 Å². The number of nitrogens with one attached hydrogen (secondary N) is 1. The monoisotopic (exact) mass is 244 g/mol. The van der Waals surface area contributed by atoms with Crippen molar-refractivity contribution >= 4 is 5.91 Å². The highest BCUT2D eigenvalue weighted by molar-refractivity contribution is 5.91. The number of carbonyl (C=O) groups is 1. The predicted octanol–water partition coefficient (Wildman–Crippen LogP) is 0.437. The Morgan fingerprint density at radius 3 is 2.83 bits per heavy atom. The molecule has 0 radical (unpaired) electrons. The number of hydrogen-bond acceptors (Lipinski definition) is 4. The van der Waals surface area contributed by atoms with Crippen molar-refractivity contribution in [3.8, 4) is 0 Å². The molecule has 0 atom stereocenters. The first kappa shape index (κ1) is 12.0. The Labute approximate surface area is 103 Å². The Balaban J connectivity index is 2.09. The van der Waals surface area contributed by atoms with E-state index in [1.54, 1.807) is 19.4 Å². The van der Waals surface area contributed by atoms with E-state index in [1.807, 2.05) is 12.1 Å². The molecule has 0 saturated heterocycles. The maximum Gasteiger partial charge on any atom is 0.274 e. The van der Waals surface area contributed by atoms with Gasteiger partial charge in [0.15, 0.2) is 0 Å². The van der Waals surface area contributed by atoms with Crippen molar-refractivity contribution in [1.82, 2.24) is 20.1 Å². The van der Waals surface area contributed by atoms with Crippen LogP contribution in [0.5, 0.6) is 0 Å². The maximum absolute atomic E-state index is 12.0. The molecular formula is C12H12N4O2. The maximum atomic E-state index is 12.0. The molecule has 2 aromatic rings. The van der Waals surface area contributed by atoms with Crippen LogP contribution in [0.15, 0.2) is 41.5 Å². The van der Waals surface area contributed by atoms with Crippen LogP contribution in [0, 0.1) is 0 Å². The standard InChI is InChI=1S/C12H12N4O2/c1-16(8-9-3-2-6-13-7-9)12(18)10-4-5-11(17)15-14-10/h2-7H,8H2,1H3,(H,15,17). The molecule has 1 amide bonds. The zero-order chi connectivity index (χ0) is 13.0. The first-order valence-corrected chi connectivity index (χ1v) is 5.37. The molecule has 0 aromatic carbocycles. The summed E-state index contributed by atoms with van der Waals surface area (Å²) in [4.78, 5) is 28.3. The molecule has 0 unspecified atom stereocenters. The van der Waals surface area contributed by atoms with E-state index < -0.39 is 0 Å². The lowest BCUT2D eigenvalue weighted by Gasteiger charge is -2.16. The van der Waals surface area contributed by atoms with Crippen molar-refractivity contribution < 1.29 is 4.79 Å². The second-order valence-corrected chi connectivity index (χ2v) is 3.83. The van der Waals surface area contributed by atoms with Crippen LogP contribution in [-0.2, 0) is 6.54 Å². The summed E-state index contributed by atoms with van der Waals surface area (Å²) in [5, 5.41) is 5.93. The van der Waals surface area contributed by atoms with Gasteiger partial charge in [0.2, 0.25) is 0 Å². The number of nitrogens with zero attached hydrogens (tertiary/aromatic N) is 3. The van der Waals surface area contributed by atoms with E-state index in [4.69, 9.17) is 0 Å². The van der Waals surface area contributed by atoms with Crippen molar-refractivity contribution in [3.63, 3.8) is 0 Å². The summed E-state index contributed by atoms with van der Waals surface area (Å²) >= 11 is 0. The summed E-state index contributed by atoms with van der Waals surface area (Å²) in [6.07, 6.45) is 3.37. The highest BCUT2D eigenvalue weighted by atomic mass is 16.2. The lowest BCUT2D eigenvalue weighted by Crippen LogP contribution is -2.28. The average Bonchev–Trinajstić information content (AvgIpc) is 2.40. The molecule has 2 aromatic heterocycles. The number of pyridine rings is 1. The number of carbonyl (C=O) groups excluding carboxylic acids is 1. The van der Waals surface area contributed by atoms with Crippen molar-refractivity contribution in [2.24, 2.45) is 0 Å². The summed E-state index contributed by atoms with van der Waals surface area (Å²) in [5.41, 5.74) is 0.806. The third kappa shape index (κ3) is 2.79. The van der Waals surface area contributed by atoms with E-state index in [9.17, 15) is 9.59 Å². The van der Waals surface area contributed by atoms with E-state index in [0.717, 1.165) is 5.56 Å². The van der Waals surface area contributed by atoms with Crippen molar-refractivity contribution in [2.75, 3.05) is 7.05 Å². The molecule has 0 aliphatic carbocycles. The number of aromatic amines is 1. The molecule has 0 saturated carbocycles. The topological polar surface area (TPSA) is 79.0 Å². The normalized spacial score (nSPS) is 10.1. The van der Waals surface area contributed by atoms with Gasteiger partial charge in [0.1, 0.15) is 5.69 Å². The lowest BCUT2D eigenvalue weighted by atomic mass is 10.2. The minimum absolute atomic E-state index is 0.209. The van der Waals surface area contributed by atoms with Crippen LogP contribution in [-0.4, -0.2) is 33.0 Å². The number of H-pyrrole nitrogens is 1. The summed E-state index contributed by atoms with van der Waals surface area (Å²) in [5.74, 6) is -0.255. The minimum atomic E-state index is -0.332. The highest BCUT2D eigenvalue weighted by Crippen LogP contribution is 2.04. The van der Waals surface area contributed by atoms with Gasteiger partial charge in [0.05, 0.1) is 0 Å². The van der Waals surface area contributed by atoms with Gasteiger partial charge in [-0.25, -0.2) is 5.10 Å². The van der Waals surface area contributed by atoms with Gasteiger partial charge >= 0.3 is 0 Å². The van der Waals surface area contributed by atoms with Gasteiger partial charge in [0.25, 0.3) is 11.5 Å². The Hall–Kier alpha value is -2.50. The van der Waals surface area contributed by atoms with Crippen LogP contribution in [0.1, 0.15) is 16.1 Å². The fraction of sp³-hybridized carbons (Fsp3) is 0.167. The Bertz CT molecular complexity index is 574. The third-order valence-corrected chi connectivity index (χ3v) is 2.39. The molecule has 0 bridgehead atoms. The molecule has 0 aliphatic rings. The number of aromatic nitrogens is 3. The lowest BCUT2D eigenvalue weighted by molar-refractivity contribution is 0.0778. The number of rotatable bonds is 3. The summed E-state index contributed by atoms with van der Waals surface area (Å²) in [7, 11) is 1.67. The fourth-order valence-electron chi connectivity index (χ4n) is 1.50. The molecule has 18 heavy (non-hydrogen) atoms. The van der Waals surface area contributed by atoms with Gasteiger partial charge in [-0.15, -0.1) is 0 Å². The van der Waals surface area contributed by atoms with Crippen molar-refractivity contribution in [3.05, 3.63) is 58.3 Å². The summed E-state index contributed by atoms with van der Waals surface area (Å²) < 4.78 is 0. The molecular weight excluding hydrogens is 232 g/mol. The molecule has 2 heterocycles. The van der Waals surface area contributed by atoms with E-state index >= 15 is 0 Å². The van der Waals surface area contributed by atoms with Gasteiger partial charge in [0, 0.05) is 32.1 Å². The van der Waals surface area contributed by atoms with Crippen LogP contribution in [0.2, 0.25) is 0 Å². The molecule has 92 valence electrons. The number of amides is 1. The van der Waals surface area contributed by atoms with Crippen LogP contribution in [0.3, 0.4) is 0 Å². The van der Waals surface area contributed by atoms with Crippen LogP contribution in [0.25, 0.3) is 0 Å². The van der Waals surface area contributed by atoms with E-state index in [-0.39, 0.29) is 17.2 Å². The van der Waals surface area contributed by atoms with E-state index in [2.05, 4.69) is 15.2 Å². The largest absolute Gasteiger partial charge is 0.336 e. The fourth-order valence-corrected chi connectivity index (χ4v) is 1.50. The molecule has 0 spiro atoms. The van der Waals surface area contributed by atoms with E-state index in [0.29, 0.717) is 6.54 Å². The van der Waals surface area contributed by atoms with Crippen LogP contribution in [0.4, 0.5) is 0 Å². The highest BCUT2D eigenvalue weighted by Gasteiger charge is 2.13. The Kier molecular flexibility index (Phi) is 3.47. The summed E-state index contributed by atoms with van der Waals surface area (Å²) in [6.45, 7) is 0.438. The number of hydrogen-bond donors (Lipinski definition) is 1.